The van der Waals surface area contributed by atoms with Crippen molar-refractivity contribution in [3.63, 3.8) is 0 Å². The van der Waals surface area contributed by atoms with Crippen molar-refractivity contribution < 1.29 is 14.7 Å². The fourth-order valence-electron chi connectivity index (χ4n) is 2.09. The third-order valence-corrected chi connectivity index (χ3v) is 3.11. The predicted octanol–water partition coefficient (Wildman–Crippen LogP) is 2.61. The Kier molecular flexibility index (Phi) is 4.71. The van der Waals surface area contributed by atoms with Crippen LogP contribution in [0.3, 0.4) is 0 Å². The van der Waals surface area contributed by atoms with Crippen molar-refractivity contribution in [2.75, 3.05) is 5.32 Å². The normalized spacial score (nSPS) is 11.9. The molecule has 0 aliphatic rings. The number of urea groups is 1. The summed E-state index contributed by atoms with van der Waals surface area (Å²) >= 11 is 0. The van der Waals surface area contributed by atoms with Crippen LogP contribution in [0.15, 0.2) is 36.7 Å². The van der Waals surface area contributed by atoms with Crippen LogP contribution in [0.4, 0.5) is 10.5 Å². The van der Waals surface area contributed by atoms with Crippen molar-refractivity contribution in [1.29, 1.82) is 0 Å². The van der Waals surface area contributed by atoms with Crippen molar-refractivity contribution in [2.24, 2.45) is 0 Å². The van der Waals surface area contributed by atoms with Gasteiger partial charge in [0.25, 0.3) is 0 Å². The van der Waals surface area contributed by atoms with Crippen LogP contribution in [0.1, 0.15) is 19.8 Å². The van der Waals surface area contributed by atoms with E-state index in [1.807, 2.05) is 13.0 Å². The number of nitrogens with one attached hydrogen (secondary N) is 2. The Morgan fingerprint density at radius 1 is 1.33 bits per heavy atom. The molecule has 2 amide bonds. The Labute approximate surface area is 122 Å². The first-order chi connectivity index (χ1) is 10.1. The molecule has 6 nitrogen and oxygen atoms in total. The minimum atomic E-state index is -1.03. The van der Waals surface area contributed by atoms with E-state index in [0.717, 1.165) is 10.8 Å². The number of hydrogen-bond donors (Lipinski definition) is 3. The maximum Gasteiger partial charge on any atom is 0.326 e. The Hall–Kier alpha value is -2.63. The number of amides is 2. The number of carbonyl (C=O) groups is 2. The molecule has 6 heteroatoms. The summed E-state index contributed by atoms with van der Waals surface area (Å²) in [4.78, 5) is 27.0. The zero-order chi connectivity index (χ0) is 15.2. The molecule has 0 bridgehead atoms. The van der Waals surface area contributed by atoms with Crippen LogP contribution in [-0.4, -0.2) is 28.1 Å². The monoisotopic (exact) mass is 287 g/mol. The molecule has 0 saturated carbocycles. The van der Waals surface area contributed by atoms with E-state index in [2.05, 4.69) is 15.6 Å². The molecule has 1 aromatic heterocycles. The number of hydrogen-bond acceptors (Lipinski definition) is 3. The zero-order valence-corrected chi connectivity index (χ0v) is 11.7. The largest absolute Gasteiger partial charge is 0.480 e. The summed E-state index contributed by atoms with van der Waals surface area (Å²) in [5.74, 6) is -1.03. The van der Waals surface area contributed by atoms with E-state index in [9.17, 15) is 9.59 Å². The van der Waals surface area contributed by atoms with E-state index in [4.69, 9.17) is 5.11 Å². The van der Waals surface area contributed by atoms with Gasteiger partial charge in [0.05, 0.1) is 5.69 Å². The molecule has 21 heavy (non-hydrogen) atoms. The number of anilines is 1. The van der Waals surface area contributed by atoms with Gasteiger partial charge in [-0.15, -0.1) is 0 Å². The van der Waals surface area contributed by atoms with E-state index >= 15 is 0 Å². The first-order valence-corrected chi connectivity index (χ1v) is 6.75. The number of fused-ring (bicyclic) bond motifs is 1. The van der Waals surface area contributed by atoms with Crippen LogP contribution in [0, 0.1) is 0 Å². The lowest BCUT2D eigenvalue weighted by Gasteiger charge is -2.15. The number of benzene rings is 1. The third kappa shape index (κ3) is 3.68. The van der Waals surface area contributed by atoms with Crippen molar-refractivity contribution >= 4 is 28.5 Å². The average molecular weight is 287 g/mol. The smallest absolute Gasteiger partial charge is 0.326 e. The van der Waals surface area contributed by atoms with Gasteiger partial charge in [0.1, 0.15) is 6.04 Å². The second-order valence-corrected chi connectivity index (χ2v) is 4.68. The van der Waals surface area contributed by atoms with Crippen LogP contribution < -0.4 is 10.6 Å². The van der Waals surface area contributed by atoms with E-state index < -0.39 is 18.0 Å². The summed E-state index contributed by atoms with van der Waals surface area (Å²) in [5.41, 5.74) is 0.619. The lowest BCUT2D eigenvalue weighted by atomic mass is 10.1. The molecule has 0 saturated heterocycles. The van der Waals surface area contributed by atoms with Gasteiger partial charge in [0.2, 0.25) is 0 Å². The quantitative estimate of drug-likeness (QED) is 0.788. The summed E-state index contributed by atoms with van der Waals surface area (Å²) in [7, 11) is 0. The van der Waals surface area contributed by atoms with Crippen LogP contribution in [-0.2, 0) is 4.79 Å². The Bertz CT molecular complexity index is 652. The lowest BCUT2D eigenvalue weighted by Crippen LogP contribution is -2.42. The van der Waals surface area contributed by atoms with Gasteiger partial charge in [0.15, 0.2) is 0 Å². The highest BCUT2D eigenvalue weighted by atomic mass is 16.4. The highest BCUT2D eigenvalue weighted by Gasteiger charge is 2.18. The van der Waals surface area contributed by atoms with E-state index in [-0.39, 0.29) is 0 Å². The maximum atomic E-state index is 11.9. The molecule has 1 unspecified atom stereocenters. The zero-order valence-electron chi connectivity index (χ0n) is 11.7. The summed E-state index contributed by atoms with van der Waals surface area (Å²) in [6.07, 6.45) is 4.41. The first kappa shape index (κ1) is 14.8. The number of carboxylic acids is 1. The lowest BCUT2D eigenvalue weighted by molar-refractivity contribution is -0.139. The van der Waals surface area contributed by atoms with Crippen molar-refractivity contribution in [3.8, 4) is 0 Å². The Morgan fingerprint density at radius 2 is 2.14 bits per heavy atom. The van der Waals surface area contributed by atoms with Gasteiger partial charge in [0, 0.05) is 23.2 Å². The predicted molar refractivity (Wildman–Crippen MR) is 80.2 cm³/mol. The Morgan fingerprint density at radius 3 is 2.86 bits per heavy atom. The molecule has 3 N–H and O–H groups in total. The van der Waals surface area contributed by atoms with Crippen LogP contribution in [0.5, 0.6) is 0 Å². The minimum Gasteiger partial charge on any atom is -0.480 e. The summed E-state index contributed by atoms with van der Waals surface area (Å²) in [6.45, 7) is 1.87. The second kappa shape index (κ2) is 6.69. The summed E-state index contributed by atoms with van der Waals surface area (Å²) in [6, 6.07) is 5.85. The molecule has 0 aliphatic carbocycles. The molecule has 2 rings (SSSR count). The SMILES string of the molecule is CCCC(NC(=O)Nc1cccc2cnccc12)C(=O)O. The van der Waals surface area contributed by atoms with Gasteiger partial charge in [-0.1, -0.05) is 25.5 Å². The number of aliphatic carboxylic acids is 1. The van der Waals surface area contributed by atoms with E-state index in [0.29, 0.717) is 18.5 Å². The molecule has 110 valence electrons. The molecule has 0 fully saturated rings. The maximum absolute atomic E-state index is 11.9. The molecule has 0 spiro atoms. The Balaban J connectivity index is 2.13. The number of nitrogens with zero attached hydrogens (tertiary/aromatic N) is 1. The minimum absolute atomic E-state index is 0.391. The average Bonchev–Trinajstić information content (AvgIpc) is 2.47. The van der Waals surface area contributed by atoms with Crippen molar-refractivity contribution in [2.45, 2.75) is 25.8 Å². The molecule has 2 aromatic rings. The second-order valence-electron chi connectivity index (χ2n) is 4.68. The number of carboxylic acid groups (broad SMARTS) is 1. The molecule has 1 aromatic carbocycles. The van der Waals surface area contributed by atoms with Crippen LogP contribution >= 0.6 is 0 Å². The van der Waals surface area contributed by atoms with Gasteiger partial charge in [-0.2, -0.15) is 0 Å². The van der Waals surface area contributed by atoms with Crippen molar-refractivity contribution in [1.82, 2.24) is 10.3 Å². The standard InChI is InChI=1S/C15H17N3O3/c1-2-4-13(14(19)20)18-15(21)17-12-6-3-5-10-9-16-8-7-11(10)12/h3,5-9,13H,2,4H2,1H3,(H,19,20)(H2,17,18,21). The summed E-state index contributed by atoms with van der Waals surface area (Å²) in [5, 5.41) is 15.9. The molecule has 0 aliphatic heterocycles. The number of carbonyl (C=O) groups excluding carboxylic acids is 1. The van der Waals surface area contributed by atoms with Crippen molar-refractivity contribution in [3.05, 3.63) is 36.7 Å². The number of rotatable bonds is 5. The first-order valence-electron chi connectivity index (χ1n) is 6.75. The molecular formula is C15H17N3O3. The van der Waals surface area contributed by atoms with Gasteiger partial charge in [-0.05, 0) is 18.6 Å². The number of pyridine rings is 1. The van der Waals surface area contributed by atoms with Crippen LogP contribution in [0.25, 0.3) is 10.8 Å². The van der Waals surface area contributed by atoms with Crippen LogP contribution in [0.2, 0.25) is 0 Å². The van der Waals surface area contributed by atoms with Gasteiger partial charge in [-0.25, -0.2) is 9.59 Å². The molecule has 1 heterocycles. The topological polar surface area (TPSA) is 91.3 Å². The van der Waals surface area contributed by atoms with Gasteiger partial charge >= 0.3 is 12.0 Å². The van der Waals surface area contributed by atoms with E-state index in [1.165, 1.54) is 0 Å². The fraction of sp³-hybridized carbons (Fsp3) is 0.267. The molecular weight excluding hydrogens is 270 g/mol. The third-order valence-electron chi connectivity index (χ3n) is 3.11. The molecule has 1 atom stereocenters. The highest BCUT2D eigenvalue weighted by Crippen LogP contribution is 2.21. The fourth-order valence-corrected chi connectivity index (χ4v) is 2.09. The molecule has 0 radical (unpaired) electrons. The highest BCUT2D eigenvalue weighted by molar-refractivity contribution is 6.01. The number of aromatic nitrogens is 1. The van der Waals surface area contributed by atoms with Gasteiger partial charge < -0.3 is 15.7 Å². The van der Waals surface area contributed by atoms with Gasteiger partial charge in [-0.3, -0.25) is 4.98 Å². The summed E-state index contributed by atoms with van der Waals surface area (Å²) < 4.78 is 0. The van der Waals surface area contributed by atoms with E-state index in [1.54, 1.807) is 30.6 Å².